The number of nitrogens with zero attached hydrogens (tertiary/aromatic N) is 4. The fraction of sp³-hybridized carbons (Fsp3) is 0.318. The van der Waals surface area contributed by atoms with Crippen molar-refractivity contribution < 1.29 is 19.2 Å². The zero-order chi connectivity index (χ0) is 38.2. The second kappa shape index (κ2) is 17.5. The highest BCUT2D eigenvalue weighted by Gasteiger charge is 2.41. The van der Waals surface area contributed by atoms with E-state index < -0.39 is 12.1 Å². The molecule has 0 spiro atoms. The molecule has 2 N–H and O–H groups in total. The molecular formula is C44H50N6O4. The first-order valence-electron chi connectivity index (χ1n) is 18.5. The first kappa shape index (κ1) is 38.2. The summed E-state index contributed by atoms with van der Waals surface area (Å²) in [5.74, 6) is -0.473. The SMILES string of the molecule is CN(C)[C@H]1C[C@@H](C(=O)Nc2ccc(/C=C/c3ccc(NC(=O)[C@@H]4C[C@H](N(C)C)CN4C(=O)Cc4ccccc4)cc3)cc2)N(C(=O)Cc2ccccc2)C1. The molecule has 4 aromatic rings. The fourth-order valence-corrected chi connectivity index (χ4v) is 7.17. The van der Waals surface area contributed by atoms with Crippen LogP contribution in [0.15, 0.2) is 109 Å². The Kier molecular flexibility index (Phi) is 12.4. The van der Waals surface area contributed by atoms with Gasteiger partial charge in [-0.1, -0.05) is 97.1 Å². The minimum absolute atomic E-state index is 0.0498. The summed E-state index contributed by atoms with van der Waals surface area (Å²) in [7, 11) is 7.91. The van der Waals surface area contributed by atoms with Crippen molar-refractivity contribution >= 4 is 47.2 Å². The van der Waals surface area contributed by atoms with Gasteiger partial charge >= 0.3 is 0 Å². The quantitative estimate of drug-likeness (QED) is 0.193. The van der Waals surface area contributed by atoms with Gasteiger partial charge in [0, 0.05) is 36.5 Å². The van der Waals surface area contributed by atoms with Crippen LogP contribution in [-0.4, -0.2) is 109 Å². The van der Waals surface area contributed by atoms with E-state index in [1.807, 2.05) is 150 Å². The highest BCUT2D eigenvalue weighted by Crippen LogP contribution is 2.26. The van der Waals surface area contributed by atoms with E-state index in [1.54, 1.807) is 9.80 Å². The molecule has 4 atom stereocenters. The Morgan fingerprint density at radius 3 is 1.24 bits per heavy atom. The summed E-state index contributed by atoms with van der Waals surface area (Å²) >= 11 is 0. The Morgan fingerprint density at radius 2 is 0.907 bits per heavy atom. The van der Waals surface area contributed by atoms with Crippen LogP contribution in [0, 0.1) is 0 Å². The van der Waals surface area contributed by atoms with Gasteiger partial charge in [0.05, 0.1) is 12.8 Å². The van der Waals surface area contributed by atoms with E-state index in [4.69, 9.17) is 0 Å². The summed E-state index contributed by atoms with van der Waals surface area (Å²) in [5, 5.41) is 6.06. The molecule has 4 amide bonds. The van der Waals surface area contributed by atoms with Crippen LogP contribution >= 0.6 is 0 Å². The molecular weight excluding hydrogens is 677 g/mol. The number of carbonyl (C=O) groups is 4. The predicted octanol–water partition coefficient (Wildman–Crippen LogP) is 5.28. The number of hydrogen-bond acceptors (Lipinski definition) is 6. The van der Waals surface area contributed by atoms with E-state index in [-0.39, 0.29) is 48.6 Å². The number of amides is 4. The van der Waals surface area contributed by atoms with Crippen molar-refractivity contribution in [2.45, 2.75) is 49.9 Å². The van der Waals surface area contributed by atoms with Crippen LogP contribution in [0.3, 0.4) is 0 Å². The molecule has 2 aliphatic rings. The fourth-order valence-electron chi connectivity index (χ4n) is 7.17. The molecule has 6 rings (SSSR count). The van der Waals surface area contributed by atoms with Crippen LogP contribution in [0.1, 0.15) is 35.1 Å². The zero-order valence-corrected chi connectivity index (χ0v) is 31.5. The highest BCUT2D eigenvalue weighted by atomic mass is 16.2. The summed E-state index contributed by atoms with van der Waals surface area (Å²) in [6, 6.07) is 33.6. The highest BCUT2D eigenvalue weighted by molar-refractivity contribution is 5.99. The Bertz CT molecular complexity index is 1790. The first-order chi connectivity index (χ1) is 26.0. The molecule has 10 nitrogen and oxygen atoms in total. The molecule has 0 aromatic heterocycles. The Morgan fingerprint density at radius 1 is 0.556 bits per heavy atom. The minimum Gasteiger partial charge on any atom is -0.329 e. The smallest absolute Gasteiger partial charge is 0.247 e. The standard InChI is InChI=1S/C44H50N6O4/c1-47(2)37-27-39(49(29-37)41(51)25-33-11-7-5-8-12-33)43(53)45-35-21-17-31(18-22-35)15-16-32-19-23-36(24-20-32)46-44(54)40-28-38(48(3)4)30-50(40)42(52)26-34-13-9-6-10-14-34/h5-24,37-40H,25-30H2,1-4H3,(H,45,53)(H,46,54)/b16-15+/t37-,38-,39-,40-/m0/s1. The second-order valence-corrected chi connectivity index (χ2v) is 14.7. The molecule has 2 saturated heterocycles. The van der Waals surface area contributed by atoms with Crippen molar-refractivity contribution in [3.8, 4) is 0 Å². The molecule has 0 bridgehead atoms. The molecule has 4 aromatic carbocycles. The summed E-state index contributed by atoms with van der Waals surface area (Å²) in [6.45, 7) is 1.03. The average Bonchev–Trinajstić information content (AvgIpc) is 3.83. The van der Waals surface area contributed by atoms with E-state index in [0.717, 1.165) is 22.3 Å². The van der Waals surface area contributed by atoms with Crippen LogP contribution in [0.5, 0.6) is 0 Å². The van der Waals surface area contributed by atoms with E-state index in [1.165, 1.54) is 0 Å². The van der Waals surface area contributed by atoms with Gasteiger partial charge in [-0.15, -0.1) is 0 Å². The lowest BCUT2D eigenvalue weighted by Crippen LogP contribution is -2.44. The van der Waals surface area contributed by atoms with Gasteiger partial charge in [-0.3, -0.25) is 19.2 Å². The predicted molar refractivity (Wildman–Crippen MR) is 215 cm³/mol. The summed E-state index contributed by atoms with van der Waals surface area (Å²) < 4.78 is 0. The average molecular weight is 727 g/mol. The maximum Gasteiger partial charge on any atom is 0.247 e. The molecule has 54 heavy (non-hydrogen) atoms. The Hall–Kier alpha value is -5.58. The second-order valence-electron chi connectivity index (χ2n) is 14.7. The van der Waals surface area contributed by atoms with Crippen molar-refractivity contribution in [3.63, 3.8) is 0 Å². The van der Waals surface area contributed by atoms with Gasteiger partial charge in [-0.05, 0) is 87.6 Å². The van der Waals surface area contributed by atoms with Gasteiger partial charge in [-0.25, -0.2) is 0 Å². The maximum absolute atomic E-state index is 13.5. The number of anilines is 2. The molecule has 2 aliphatic heterocycles. The van der Waals surface area contributed by atoms with Crippen molar-refractivity contribution in [1.82, 2.24) is 19.6 Å². The Labute approximate surface area is 318 Å². The number of benzene rings is 4. The summed E-state index contributed by atoms with van der Waals surface area (Å²) in [4.78, 5) is 61.2. The molecule has 280 valence electrons. The molecule has 10 heteroatoms. The third kappa shape index (κ3) is 9.69. The van der Waals surface area contributed by atoms with Crippen molar-refractivity contribution in [2.24, 2.45) is 0 Å². The normalized spacial score (nSPS) is 19.8. The van der Waals surface area contributed by atoms with Gasteiger partial charge in [-0.2, -0.15) is 0 Å². The molecule has 0 radical (unpaired) electrons. The van der Waals surface area contributed by atoms with Crippen LogP contribution < -0.4 is 10.6 Å². The number of likely N-dealkylation sites (tertiary alicyclic amines) is 2. The first-order valence-corrected chi connectivity index (χ1v) is 18.5. The Balaban J connectivity index is 1.03. The number of rotatable bonds is 12. The maximum atomic E-state index is 13.5. The van der Waals surface area contributed by atoms with Crippen molar-refractivity contribution in [1.29, 1.82) is 0 Å². The number of carbonyl (C=O) groups excluding carboxylic acids is 4. The van der Waals surface area contributed by atoms with Gasteiger partial charge in [0.15, 0.2) is 0 Å². The lowest BCUT2D eigenvalue weighted by atomic mass is 10.1. The third-order valence-corrected chi connectivity index (χ3v) is 10.5. The third-order valence-electron chi connectivity index (χ3n) is 10.5. The zero-order valence-electron chi connectivity index (χ0n) is 31.5. The molecule has 0 aliphatic carbocycles. The van der Waals surface area contributed by atoms with E-state index in [2.05, 4.69) is 20.4 Å². The van der Waals surface area contributed by atoms with Gasteiger partial charge < -0.3 is 30.2 Å². The largest absolute Gasteiger partial charge is 0.329 e. The van der Waals surface area contributed by atoms with Crippen LogP contribution in [0.4, 0.5) is 11.4 Å². The molecule has 0 unspecified atom stereocenters. The molecule has 2 fully saturated rings. The van der Waals surface area contributed by atoms with Gasteiger partial charge in [0.1, 0.15) is 12.1 Å². The minimum atomic E-state index is -0.546. The van der Waals surface area contributed by atoms with E-state index in [0.29, 0.717) is 37.3 Å². The van der Waals surface area contributed by atoms with Gasteiger partial charge in [0.25, 0.3) is 0 Å². The molecule has 2 heterocycles. The van der Waals surface area contributed by atoms with E-state index in [9.17, 15) is 19.2 Å². The summed E-state index contributed by atoms with van der Waals surface area (Å²) in [5.41, 5.74) is 5.10. The van der Waals surface area contributed by atoms with Crippen molar-refractivity contribution in [2.75, 3.05) is 51.9 Å². The number of hydrogen-bond donors (Lipinski definition) is 2. The molecule has 0 saturated carbocycles. The van der Waals surface area contributed by atoms with E-state index >= 15 is 0 Å². The monoisotopic (exact) mass is 726 g/mol. The lowest BCUT2D eigenvalue weighted by Gasteiger charge is -2.24. The van der Waals surface area contributed by atoms with Crippen LogP contribution in [0.2, 0.25) is 0 Å². The summed E-state index contributed by atoms with van der Waals surface area (Å²) in [6.07, 6.45) is 5.64. The lowest BCUT2D eigenvalue weighted by molar-refractivity contribution is -0.136. The van der Waals surface area contributed by atoms with Gasteiger partial charge in [0.2, 0.25) is 23.6 Å². The van der Waals surface area contributed by atoms with Crippen molar-refractivity contribution in [3.05, 3.63) is 131 Å². The number of nitrogens with one attached hydrogen (secondary N) is 2. The number of likely N-dealkylation sites (N-methyl/N-ethyl adjacent to an activating group) is 2. The topological polar surface area (TPSA) is 105 Å². The van der Waals surface area contributed by atoms with Crippen LogP contribution in [0.25, 0.3) is 12.2 Å². The van der Waals surface area contributed by atoms with Crippen LogP contribution in [-0.2, 0) is 32.0 Å².